The van der Waals surface area contributed by atoms with Crippen molar-refractivity contribution in [2.45, 2.75) is 31.1 Å². The summed E-state index contributed by atoms with van der Waals surface area (Å²) in [6, 6.07) is 5.27. The van der Waals surface area contributed by atoms with Crippen LogP contribution in [0.3, 0.4) is 0 Å². The number of carbonyl (C=O) groups excluding carboxylic acids is 1. The maximum absolute atomic E-state index is 13.7. The summed E-state index contributed by atoms with van der Waals surface area (Å²) in [4.78, 5) is 11.5. The molecule has 0 fully saturated rings. The number of nitrogens with two attached hydrogens (primary N) is 1. The van der Waals surface area contributed by atoms with Crippen molar-refractivity contribution in [3.05, 3.63) is 69.3 Å². The first-order valence-electron chi connectivity index (χ1n) is 8.13. The van der Waals surface area contributed by atoms with Crippen molar-refractivity contribution >= 4 is 5.91 Å². The van der Waals surface area contributed by atoms with E-state index in [1.807, 2.05) is 0 Å². The van der Waals surface area contributed by atoms with Crippen LogP contribution < -0.4 is 5.73 Å². The number of rotatable bonds is 3. The van der Waals surface area contributed by atoms with Crippen molar-refractivity contribution in [1.29, 1.82) is 0 Å². The molecule has 1 amide bonds. The zero-order valence-corrected chi connectivity index (χ0v) is 15.1. The van der Waals surface area contributed by atoms with Crippen LogP contribution in [0.1, 0.15) is 43.7 Å². The Hall–Kier alpha value is -2.93. The van der Waals surface area contributed by atoms with Crippen molar-refractivity contribution < 1.29 is 57.5 Å². The molecule has 0 atom stereocenters. The Labute approximate surface area is 170 Å². The number of halogens is 12. The number of carbonyl (C=O) groups is 1. The fourth-order valence-corrected chi connectivity index (χ4v) is 3.22. The third kappa shape index (κ3) is 4.93. The van der Waals surface area contributed by atoms with Gasteiger partial charge in [0.15, 0.2) is 0 Å². The van der Waals surface area contributed by atoms with Crippen LogP contribution in [0.2, 0.25) is 0 Å². The lowest BCUT2D eigenvalue weighted by atomic mass is 9.82. The zero-order valence-electron chi connectivity index (χ0n) is 15.1. The van der Waals surface area contributed by atoms with E-state index < -0.39 is 76.0 Å². The first-order valence-corrected chi connectivity index (χ1v) is 8.13. The Balaban J connectivity index is 3.32. The first-order chi connectivity index (χ1) is 14.3. The van der Waals surface area contributed by atoms with Crippen LogP contribution in [-0.2, 0) is 31.1 Å². The lowest BCUT2D eigenvalue weighted by Gasteiger charge is -2.29. The van der Waals surface area contributed by atoms with Gasteiger partial charge in [0.1, 0.15) is 0 Å². The van der Waals surface area contributed by atoms with Crippen LogP contribution >= 0.6 is 0 Å². The summed E-state index contributed by atoms with van der Waals surface area (Å²) >= 11 is 0. The van der Waals surface area contributed by atoms with Crippen LogP contribution in [0.25, 0.3) is 0 Å². The molecule has 0 heterocycles. The molecular formula is C18H9F12NO. The van der Waals surface area contributed by atoms with E-state index in [9.17, 15) is 57.5 Å². The average Bonchev–Trinajstić information content (AvgIpc) is 2.57. The van der Waals surface area contributed by atoms with Crippen molar-refractivity contribution in [1.82, 2.24) is 0 Å². The van der Waals surface area contributed by atoms with E-state index >= 15 is 0 Å². The monoisotopic (exact) mass is 483 g/mol. The van der Waals surface area contributed by atoms with Crippen LogP contribution in [0.5, 0.6) is 0 Å². The Morgan fingerprint density at radius 2 is 0.969 bits per heavy atom. The van der Waals surface area contributed by atoms with E-state index in [2.05, 4.69) is 5.73 Å². The van der Waals surface area contributed by atoms with Gasteiger partial charge in [-0.15, -0.1) is 0 Å². The number of primary amides is 1. The Morgan fingerprint density at radius 3 is 1.25 bits per heavy atom. The average molecular weight is 483 g/mol. The van der Waals surface area contributed by atoms with Crippen LogP contribution in [0.15, 0.2) is 30.3 Å². The molecule has 0 radical (unpaired) electrons. The molecule has 0 saturated carbocycles. The van der Waals surface area contributed by atoms with Gasteiger partial charge >= 0.3 is 24.7 Å². The Bertz CT molecular complexity index is 961. The number of hydrogen-bond donors (Lipinski definition) is 1. The van der Waals surface area contributed by atoms with E-state index in [1.165, 1.54) is 6.07 Å². The molecule has 32 heavy (non-hydrogen) atoms. The van der Waals surface area contributed by atoms with Gasteiger partial charge in [0.2, 0.25) is 5.91 Å². The Kier molecular flexibility index (Phi) is 6.24. The molecule has 176 valence electrons. The second-order valence-electron chi connectivity index (χ2n) is 6.37. The molecule has 2 aromatic rings. The lowest BCUT2D eigenvalue weighted by Crippen LogP contribution is -2.33. The topological polar surface area (TPSA) is 43.1 Å². The van der Waals surface area contributed by atoms with Gasteiger partial charge in [-0.1, -0.05) is 30.3 Å². The molecular weight excluding hydrogens is 474 g/mol. The summed E-state index contributed by atoms with van der Waals surface area (Å²) in [6.45, 7) is 0. The van der Waals surface area contributed by atoms with Crippen LogP contribution in [0.4, 0.5) is 52.7 Å². The minimum Gasteiger partial charge on any atom is -0.366 e. The summed E-state index contributed by atoms with van der Waals surface area (Å²) in [5.74, 6) is -2.76. The molecule has 0 aromatic heterocycles. The number of alkyl halides is 12. The third-order valence-corrected chi connectivity index (χ3v) is 4.21. The molecule has 0 aliphatic rings. The number of benzene rings is 2. The fraction of sp³-hybridized carbons (Fsp3) is 0.278. The van der Waals surface area contributed by atoms with Gasteiger partial charge in [-0.3, -0.25) is 4.79 Å². The third-order valence-electron chi connectivity index (χ3n) is 4.21. The summed E-state index contributed by atoms with van der Waals surface area (Å²) in [5.41, 5.74) is -13.9. The lowest BCUT2D eigenvalue weighted by molar-refractivity contribution is -0.172. The van der Waals surface area contributed by atoms with Gasteiger partial charge in [0.25, 0.3) is 0 Å². The quantitative estimate of drug-likeness (QED) is 0.501. The van der Waals surface area contributed by atoms with Crippen molar-refractivity contribution in [3.63, 3.8) is 0 Å². The molecule has 2 aromatic carbocycles. The number of hydrogen-bond acceptors (Lipinski definition) is 1. The predicted molar refractivity (Wildman–Crippen MR) is 84.2 cm³/mol. The largest absolute Gasteiger partial charge is 0.417 e. The summed E-state index contributed by atoms with van der Waals surface area (Å²) in [5, 5.41) is 0. The predicted octanol–water partition coefficient (Wildman–Crippen LogP) is 6.45. The molecule has 0 bridgehead atoms. The van der Waals surface area contributed by atoms with E-state index in [4.69, 9.17) is 0 Å². The van der Waals surface area contributed by atoms with Gasteiger partial charge in [-0.05, 0) is 17.5 Å². The highest BCUT2D eigenvalue weighted by Gasteiger charge is 2.56. The van der Waals surface area contributed by atoms with Crippen molar-refractivity contribution in [2.24, 2.45) is 5.73 Å². The molecule has 0 aliphatic carbocycles. The zero-order chi connectivity index (χ0) is 24.9. The van der Waals surface area contributed by atoms with Crippen molar-refractivity contribution in [3.8, 4) is 0 Å². The first kappa shape index (κ1) is 25.3. The van der Waals surface area contributed by atoms with Crippen LogP contribution in [0, 0.1) is 0 Å². The van der Waals surface area contributed by atoms with Gasteiger partial charge in [0, 0.05) is 0 Å². The van der Waals surface area contributed by atoms with E-state index in [-0.39, 0.29) is 0 Å². The highest BCUT2D eigenvalue weighted by atomic mass is 19.4. The molecule has 2 N–H and O–H groups in total. The molecule has 2 nitrogen and oxygen atoms in total. The number of amides is 1. The van der Waals surface area contributed by atoms with Crippen LogP contribution in [-0.4, -0.2) is 5.91 Å². The maximum Gasteiger partial charge on any atom is 0.417 e. The molecule has 14 heteroatoms. The van der Waals surface area contributed by atoms with Gasteiger partial charge in [0.05, 0.1) is 27.8 Å². The van der Waals surface area contributed by atoms with E-state index in [1.54, 1.807) is 0 Å². The van der Waals surface area contributed by atoms with E-state index in [0.29, 0.717) is 0 Å². The molecule has 2 rings (SSSR count). The highest BCUT2D eigenvalue weighted by molar-refractivity contribution is 5.97. The maximum atomic E-state index is 13.7. The molecule has 0 saturated heterocycles. The summed E-state index contributed by atoms with van der Waals surface area (Å²) < 4.78 is 163. The molecule has 0 aliphatic heterocycles. The second kappa shape index (κ2) is 7.89. The van der Waals surface area contributed by atoms with E-state index in [0.717, 1.165) is 24.3 Å². The fourth-order valence-electron chi connectivity index (χ4n) is 3.22. The van der Waals surface area contributed by atoms with Gasteiger partial charge in [-0.2, -0.15) is 52.7 Å². The standard InChI is InChI=1S/C18H9F12NO/c19-15(20,21)10-8(6-7-4-2-1-3-5-7)11(16(22,23)24)13(18(28,29)30)9(14(31)32)12(10)17(25,26)27/h1-5H,6H2,(H2,31,32). The second-order valence-corrected chi connectivity index (χ2v) is 6.37. The highest BCUT2D eigenvalue weighted by Crippen LogP contribution is 2.53. The van der Waals surface area contributed by atoms with Gasteiger partial charge in [-0.25, -0.2) is 0 Å². The minimum atomic E-state index is -6.31. The molecule has 0 unspecified atom stereocenters. The summed E-state index contributed by atoms with van der Waals surface area (Å²) in [7, 11) is 0. The normalized spacial score (nSPS) is 13.4. The Morgan fingerprint density at radius 1 is 0.625 bits per heavy atom. The smallest absolute Gasteiger partial charge is 0.366 e. The SMILES string of the molecule is NC(=O)c1c(C(F)(F)F)c(C(F)(F)F)c(Cc2ccccc2)c(C(F)(F)F)c1C(F)(F)F. The molecule has 0 spiro atoms. The van der Waals surface area contributed by atoms with Crippen molar-refractivity contribution in [2.75, 3.05) is 0 Å². The minimum absolute atomic E-state index is 0.448. The summed E-state index contributed by atoms with van der Waals surface area (Å²) in [6.07, 6.45) is -26.7. The van der Waals surface area contributed by atoms with Gasteiger partial charge < -0.3 is 5.73 Å².